The van der Waals surface area contributed by atoms with Crippen LogP contribution in [-0.2, 0) is 4.79 Å². The zero-order valence-electron chi connectivity index (χ0n) is 10.0. The van der Waals surface area contributed by atoms with E-state index in [0.29, 0.717) is 5.78 Å². The first-order valence-electron chi connectivity index (χ1n) is 6.55. The number of carbonyl (C=O) groups excluding carboxylic acids is 1. The summed E-state index contributed by atoms with van der Waals surface area (Å²) in [5.74, 6) is 0.615. The molecule has 2 nitrogen and oxygen atoms in total. The zero-order valence-corrected chi connectivity index (χ0v) is 10.0. The molecule has 2 N–H and O–H groups in total. The molecule has 0 saturated heterocycles. The van der Waals surface area contributed by atoms with Crippen LogP contribution in [0.1, 0.15) is 64.7 Å². The largest absolute Gasteiger partial charge is 0.321 e. The first kappa shape index (κ1) is 12.7. The van der Waals surface area contributed by atoms with Crippen LogP contribution in [0.5, 0.6) is 0 Å². The Labute approximate surface area is 93.6 Å². The minimum atomic E-state index is -0.187. The van der Waals surface area contributed by atoms with Crippen molar-refractivity contribution in [1.29, 1.82) is 0 Å². The number of carbonyl (C=O) groups is 1. The number of hydrogen-bond acceptors (Lipinski definition) is 2. The highest BCUT2D eigenvalue weighted by atomic mass is 16.1. The molecule has 0 amide bonds. The van der Waals surface area contributed by atoms with Crippen molar-refractivity contribution in [3.8, 4) is 0 Å². The summed E-state index contributed by atoms with van der Waals surface area (Å²) in [6.45, 7) is 2.14. The predicted octanol–water partition coefficient (Wildman–Crippen LogP) is 3.04. The Morgan fingerprint density at radius 2 is 1.87 bits per heavy atom. The second-order valence-corrected chi connectivity index (χ2v) is 4.84. The van der Waals surface area contributed by atoms with Crippen molar-refractivity contribution in [3.05, 3.63) is 0 Å². The highest BCUT2D eigenvalue weighted by Gasteiger charge is 2.24. The van der Waals surface area contributed by atoms with Gasteiger partial charge in [0, 0.05) is 5.92 Å². The van der Waals surface area contributed by atoms with E-state index in [-0.39, 0.29) is 12.0 Å². The molecule has 88 valence electrons. The number of nitrogens with two attached hydrogens (primary N) is 1. The third-order valence-electron chi connectivity index (χ3n) is 3.49. The lowest BCUT2D eigenvalue weighted by atomic mass is 9.89. The summed E-state index contributed by atoms with van der Waals surface area (Å²) in [4.78, 5) is 12.0. The summed E-state index contributed by atoms with van der Waals surface area (Å²) < 4.78 is 0. The van der Waals surface area contributed by atoms with Gasteiger partial charge in [-0.25, -0.2) is 0 Å². The highest BCUT2D eigenvalue weighted by Crippen LogP contribution is 2.24. The molecule has 1 unspecified atom stereocenters. The van der Waals surface area contributed by atoms with Gasteiger partial charge in [-0.3, -0.25) is 4.79 Å². The van der Waals surface area contributed by atoms with Gasteiger partial charge in [0.2, 0.25) is 0 Å². The lowest BCUT2D eigenvalue weighted by Gasteiger charge is -2.17. The average molecular weight is 211 g/mol. The second-order valence-electron chi connectivity index (χ2n) is 4.84. The minimum absolute atomic E-state index is 0.187. The Balaban J connectivity index is 2.35. The first-order valence-corrected chi connectivity index (χ1v) is 6.55. The molecule has 1 atom stereocenters. The molecular weight excluding hydrogens is 186 g/mol. The van der Waals surface area contributed by atoms with Gasteiger partial charge < -0.3 is 5.73 Å². The van der Waals surface area contributed by atoms with Crippen molar-refractivity contribution in [3.63, 3.8) is 0 Å². The quantitative estimate of drug-likeness (QED) is 0.710. The van der Waals surface area contributed by atoms with Gasteiger partial charge in [0.1, 0.15) is 0 Å². The highest BCUT2D eigenvalue weighted by molar-refractivity contribution is 5.86. The van der Waals surface area contributed by atoms with Gasteiger partial charge in [0.15, 0.2) is 5.78 Å². The van der Waals surface area contributed by atoms with Crippen molar-refractivity contribution in [2.45, 2.75) is 70.8 Å². The fourth-order valence-electron chi connectivity index (χ4n) is 2.43. The molecule has 1 fully saturated rings. The summed E-state index contributed by atoms with van der Waals surface area (Å²) in [7, 11) is 0. The van der Waals surface area contributed by atoms with Crippen LogP contribution in [0.25, 0.3) is 0 Å². The topological polar surface area (TPSA) is 43.1 Å². The van der Waals surface area contributed by atoms with E-state index in [9.17, 15) is 4.79 Å². The molecule has 1 aliphatic carbocycles. The van der Waals surface area contributed by atoms with Crippen LogP contribution >= 0.6 is 0 Å². The molecule has 0 aliphatic heterocycles. The van der Waals surface area contributed by atoms with E-state index in [0.717, 1.165) is 32.1 Å². The Kier molecular flexibility index (Phi) is 5.92. The van der Waals surface area contributed by atoms with Gasteiger partial charge in [-0.1, -0.05) is 45.4 Å². The molecule has 0 radical (unpaired) electrons. The van der Waals surface area contributed by atoms with Gasteiger partial charge in [0.25, 0.3) is 0 Å². The van der Waals surface area contributed by atoms with Crippen molar-refractivity contribution in [1.82, 2.24) is 0 Å². The van der Waals surface area contributed by atoms with Crippen LogP contribution in [0.2, 0.25) is 0 Å². The third-order valence-corrected chi connectivity index (χ3v) is 3.49. The summed E-state index contributed by atoms with van der Waals surface area (Å²) in [5, 5.41) is 0. The third kappa shape index (κ3) is 4.33. The average Bonchev–Trinajstić information content (AvgIpc) is 2.53. The van der Waals surface area contributed by atoms with Crippen molar-refractivity contribution >= 4 is 5.78 Å². The standard InChI is InChI=1S/C13H25NO/c1-2-3-10-12(14)13(15)11-8-6-4-5-7-9-11/h11-12H,2-10,14H2,1H3. The van der Waals surface area contributed by atoms with Crippen LogP contribution in [0.15, 0.2) is 0 Å². The van der Waals surface area contributed by atoms with Gasteiger partial charge in [-0.05, 0) is 19.3 Å². The molecule has 0 aromatic heterocycles. The molecular formula is C13H25NO. The number of unbranched alkanes of at least 4 members (excludes halogenated alkanes) is 1. The van der Waals surface area contributed by atoms with Crippen molar-refractivity contribution < 1.29 is 4.79 Å². The van der Waals surface area contributed by atoms with E-state index in [1.807, 2.05) is 0 Å². The molecule has 0 spiro atoms. The molecule has 0 heterocycles. The van der Waals surface area contributed by atoms with Gasteiger partial charge >= 0.3 is 0 Å². The van der Waals surface area contributed by atoms with Gasteiger partial charge in [-0.2, -0.15) is 0 Å². The number of ketones is 1. The molecule has 0 aromatic rings. The number of hydrogen-bond donors (Lipinski definition) is 1. The maximum Gasteiger partial charge on any atom is 0.152 e. The molecule has 15 heavy (non-hydrogen) atoms. The minimum Gasteiger partial charge on any atom is -0.321 e. The summed E-state index contributed by atoms with van der Waals surface area (Å²) in [5.41, 5.74) is 5.94. The molecule has 2 heteroatoms. The monoisotopic (exact) mass is 211 g/mol. The van der Waals surface area contributed by atoms with Crippen LogP contribution in [-0.4, -0.2) is 11.8 Å². The molecule has 1 rings (SSSR count). The van der Waals surface area contributed by atoms with Crippen molar-refractivity contribution in [2.24, 2.45) is 11.7 Å². The Bertz CT molecular complexity index is 183. The van der Waals surface area contributed by atoms with E-state index >= 15 is 0 Å². The van der Waals surface area contributed by atoms with Crippen LogP contribution < -0.4 is 5.73 Å². The molecule has 0 aromatic carbocycles. The van der Waals surface area contributed by atoms with Crippen LogP contribution in [0.3, 0.4) is 0 Å². The molecule has 1 aliphatic rings. The Morgan fingerprint density at radius 3 is 2.40 bits per heavy atom. The van der Waals surface area contributed by atoms with Gasteiger partial charge in [-0.15, -0.1) is 0 Å². The van der Waals surface area contributed by atoms with Gasteiger partial charge in [0.05, 0.1) is 6.04 Å². The van der Waals surface area contributed by atoms with Crippen molar-refractivity contribution in [2.75, 3.05) is 0 Å². The zero-order chi connectivity index (χ0) is 11.1. The number of rotatable bonds is 5. The smallest absolute Gasteiger partial charge is 0.152 e. The molecule has 0 bridgehead atoms. The van der Waals surface area contributed by atoms with E-state index in [2.05, 4.69) is 6.92 Å². The van der Waals surface area contributed by atoms with E-state index in [1.165, 1.54) is 25.7 Å². The predicted molar refractivity (Wildman–Crippen MR) is 63.7 cm³/mol. The summed E-state index contributed by atoms with van der Waals surface area (Å²) in [6.07, 6.45) is 10.3. The van der Waals surface area contributed by atoms with E-state index in [4.69, 9.17) is 5.73 Å². The maximum atomic E-state index is 12.0. The lowest BCUT2D eigenvalue weighted by molar-refractivity contribution is -0.124. The number of Topliss-reactive ketones (excluding diaryl/α,β-unsaturated/α-hetero) is 1. The van der Waals surface area contributed by atoms with E-state index in [1.54, 1.807) is 0 Å². The molecule has 1 saturated carbocycles. The van der Waals surface area contributed by atoms with Crippen LogP contribution in [0, 0.1) is 5.92 Å². The SMILES string of the molecule is CCCCC(N)C(=O)C1CCCCCC1. The Hall–Kier alpha value is -0.370. The first-order chi connectivity index (χ1) is 7.25. The normalized spacial score (nSPS) is 20.9. The lowest BCUT2D eigenvalue weighted by Crippen LogP contribution is -2.35. The summed E-state index contributed by atoms with van der Waals surface area (Å²) >= 11 is 0. The second kappa shape index (κ2) is 7.00. The Morgan fingerprint density at radius 1 is 1.27 bits per heavy atom. The fourth-order valence-corrected chi connectivity index (χ4v) is 2.43. The maximum absolute atomic E-state index is 12.0. The fraction of sp³-hybridized carbons (Fsp3) is 0.923. The van der Waals surface area contributed by atoms with E-state index < -0.39 is 0 Å². The van der Waals surface area contributed by atoms with Crippen LogP contribution in [0.4, 0.5) is 0 Å². The summed E-state index contributed by atoms with van der Waals surface area (Å²) in [6, 6.07) is -0.187.